The molecule has 2 aliphatic carbocycles. The fraction of sp³-hybridized carbons (Fsp3) is 0.944. The van der Waals surface area contributed by atoms with Gasteiger partial charge in [-0.3, -0.25) is 4.79 Å². The van der Waals surface area contributed by atoms with Gasteiger partial charge in [0.25, 0.3) is 0 Å². The summed E-state index contributed by atoms with van der Waals surface area (Å²) in [5.74, 6) is 0.848. The zero-order valence-electron chi connectivity index (χ0n) is 13.4. The molecule has 2 saturated carbocycles. The van der Waals surface area contributed by atoms with Crippen LogP contribution in [-0.2, 0) is 4.79 Å². The van der Waals surface area contributed by atoms with Crippen LogP contribution >= 0.6 is 0 Å². The molecule has 20 heavy (non-hydrogen) atoms. The number of piperidine rings is 1. The van der Waals surface area contributed by atoms with E-state index in [9.17, 15) is 4.79 Å². The molecule has 0 aromatic carbocycles. The second-order valence-electron chi connectivity index (χ2n) is 8.35. The summed E-state index contributed by atoms with van der Waals surface area (Å²) in [6.45, 7) is 7.81. The summed E-state index contributed by atoms with van der Waals surface area (Å²) in [7, 11) is 0. The van der Waals surface area contributed by atoms with Crippen molar-refractivity contribution in [1.29, 1.82) is 0 Å². The van der Waals surface area contributed by atoms with E-state index in [0.717, 1.165) is 19.4 Å². The van der Waals surface area contributed by atoms with Crippen LogP contribution in [0.4, 0.5) is 0 Å². The molecule has 1 unspecified atom stereocenters. The number of hydrogen-bond donors (Lipinski definition) is 0. The number of carbonyl (C=O) groups excluding carboxylic acids is 1. The molecular formula is C18H31NO. The maximum absolute atomic E-state index is 12.5. The molecule has 2 heteroatoms. The molecule has 0 aromatic heterocycles. The lowest BCUT2D eigenvalue weighted by Crippen LogP contribution is -2.45. The summed E-state index contributed by atoms with van der Waals surface area (Å²) in [4.78, 5) is 15.1. The first-order chi connectivity index (χ1) is 9.51. The van der Waals surface area contributed by atoms with E-state index in [0.29, 0.717) is 17.1 Å². The highest BCUT2D eigenvalue weighted by atomic mass is 16.1. The van der Waals surface area contributed by atoms with Crippen molar-refractivity contribution in [2.75, 3.05) is 19.6 Å². The van der Waals surface area contributed by atoms with Crippen molar-refractivity contribution in [3.8, 4) is 0 Å². The Labute approximate surface area is 124 Å². The van der Waals surface area contributed by atoms with Gasteiger partial charge in [0, 0.05) is 17.9 Å². The number of ketones is 1. The lowest BCUT2D eigenvalue weighted by Gasteiger charge is -2.42. The highest BCUT2D eigenvalue weighted by molar-refractivity contribution is 5.87. The fourth-order valence-corrected chi connectivity index (χ4v) is 4.92. The summed E-state index contributed by atoms with van der Waals surface area (Å²) >= 11 is 0. The maximum atomic E-state index is 12.5. The summed E-state index contributed by atoms with van der Waals surface area (Å²) in [5, 5.41) is 0. The molecule has 0 N–H and O–H groups in total. The normalized spacial score (nSPS) is 33.7. The van der Waals surface area contributed by atoms with Crippen molar-refractivity contribution in [2.24, 2.45) is 16.7 Å². The first kappa shape index (κ1) is 14.6. The minimum atomic E-state index is -0.0641. The van der Waals surface area contributed by atoms with Gasteiger partial charge in [0.05, 0.1) is 0 Å². The Morgan fingerprint density at radius 1 is 1.00 bits per heavy atom. The topological polar surface area (TPSA) is 20.3 Å². The van der Waals surface area contributed by atoms with Crippen LogP contribution < -0.4 is 0 Å². The minimum Gasteiger partial charge on any atom is -0.303 e. The molecule has 1 saturated heterocycles. The maximum Gasteiger partial charge on any atom is 0.142 e. The average molecular weight is 277 g/mol. The molecule has 1 heterocycles. The second-order valence-corrected chi connectivity index (χ2v) is 8.35. The van der Waals surface area contributed by atoms with Gasteiger partial charge in [-0.25, -0.2) is 0 Å². The molecule has 0 aromatic rings. The van der Waals surface area contributed by atoms with Crippen LogP contribution in [0.1, 0.15) is 71.6 Å². The largest absolute Gasteiger partial charge is 0.303 e. The quantitative estimate of drug-likeness (QED) is 0.759. The van der Waals surface area contributed by atoms with E-state index in [-0.39, 0.29) is 5.41 Å². The smallest absolute Gasteiger partial charge is 0.142 e. The number of nitrogens with zero attached hydrogens (tertiary/aromatic N) is 1. The number of likely N-dealkylation sites (tertiary alicyclic amines) is 1. The Morgan fingerprint density at radius 2 is 1.65 bits per heavy atom. The van der Waals surface area contributed by atoms with Crippen LogP contribution in [0.2, 0.25) is 0 Å². The SMILES string of the molecule is CC1(C)CCCC(CN2CCC3(CCCC3)CC2)C1=O. The van der Waals surface area contributed by atoms with Crippen LogP contribution in [0.3, 0.4) is 0 Å². The molecule has 1 atom stereocenters. The van der Waals surface area contributed by atoms with Gasteiger partial charge in [-0.1, -0.05) is 33.1 Å². The first-order valence-corrected chi connectivity index (χ1v) is 8.78. The standard InChI is InChI=1S/C18H31NO/c1-17(2)7-5-6-15(16(17)20)14-19-12-10-18(11-13-19)8-3-4-9-18/h15H,3-14H2,1-2H3. The Bertz CT molecular complexity index is 358. The monoisotopic (exact) mass is 277 g/mol. The van der Waals surface area contributed by atoms with E-state index in [1.54, 1.807) is 0 Å². The lowest BCUT2D eigenvalue weighted by atomic mass is 9.70. The van der Waals surface area contributed by atoms with Crippen LogP contribution in [0.5, 0.6) is 0 Å². The molecule has 1 aliphatic heterocycles. The van der Waals surface area contributed by atoms with Gasteiger partial charge >= 0.3 is 0 Å². The van der Waals surface area contributed by atoms with Gasteiger partial charge in [0.1, 0.15) is 5.78 Å². The van der Waals surface area contributed by atoms with E-state index >= 15 is 0 Å². The second kappa shape index (κ2) is 5.44. The van der Waals surface area contributed by atoms with Crippen molar-refractivity contribution in [3.63, 3.8) is 0 Å². The molecular weight excluding hydrogens is 246 g/mol. The number of Topliss-reactive ketones (excluding diaryl/α,β-unsaturated/α-hetero) is 1. The first-order valence-electron chi connectivity index (χ1n) is 8.78. The van der Waals surface area contributed by atoms with E-state index in [2.05, 4.69) is 18.7 Å². The third-order valence-corrected chi connectivity index (χ3v) is 6.45. The summed E-state index contributed by atoms with van der Waals surface area (Å²) in [6.07, 6.45) is 12.1. The number of hydrogen-bond acceptors (Lipinski definition) is 2. The van der Waals surface area contributed by atoms with Crippen molar-refractivity contribution in [2.45, 2.75) is 71.6 Å². The van der Waals surface area contributed by atoms with Crippen molar-refractivity contribution < 1.29 is 4.79 Å². The van der Waals surface area contributed by atoms with Crippen molar-refractivity contribution in [3.05, 3.63) is 0 Å². The predicted molar refractivity (Wildman–Crippen MR) is 82.7 cm³/mol. The Balaban J connectivity index is 1.53. The molecule has 2 nitrogen and oxygen atoms in total. The highest BCUT2D eigenvalue weighted by Gasteiger charge is 2.40. The molecule has 0 radical (unpaired) electrons. The van der Waals surface area contributed by atoms with Crippen LogP contribution in [0, 0.1) is 16.7 Å². The molecule has 114 valence electrons. The van der Waals surface area contributed by atoms with Gasteiger partial charge in [0.2, 0.25) is 0 Å². The predicted octanol–water partition coefficient (Wildman–Crippen LogP) is 4.04. The molecule has 1 spiro atoms. The van der Waals surface area contributed by atoms with Crippen LogP contribution in [-0.4, -0.2) is 30.3 Å². The zero-order chi connectivity index (χ0) is 14.2. The van der Waals surface area contributed by atoms with Crippen molar-refractivity contribution in [1.82, 2.24) is 4.90 Å². The van der Waals surface area contributed by atoms with Crippen LogP contribution in [0.15, 0.2) is 0 Å². The zero-order valence-corrected chi connectivity index (χ0v) is 13.4. The Kier molecular flexibility index (Phi) is 3.96. The fourth-order valence-electron chi connectivity index (χ4n) is 4.92. The van der Waals surface area contributed by atoms with Crippen LogP contribution in [0.25, 0.3) is 0 Å². The lowest BCUT2D eigenvalue weighted by molar-refractivity contribution is -0.135. The minimum absolute atomic E-state index is 0.0641. The van der Waals surface area contributed by atoms with E-state index in [1.807, 2.05) is 0 Å². The summed E-state index contributed by atoms with van der Waals surface area (Å²) in [5.41, 5.74) is 0.637. The Morgan fingerprint density at radius 3 is 2.30 bits per heavy atom. The molecule has 3 aliphatic rings. The van der Waals surface area contributed by atoms with E-state index in [1.165, 1.54) is 58.0 Å². The summed E-state index contributed by atoms with van der Waals surface area (Å²) in [6, 6.07) is 0. The summed E-state index contributed by atoms with van der Waals surface area (Å²) < 4.78 is 0. The molecule has 0 amide bonds. The van der Waals surface area contributed by atoms with Gasteiger partial charge in [-0.05, 0) is 57.0 Å². The molecule has 3 rings (SSSR count). The average Bonchev–Trinajstić information content (AvgIpc) is 2.86. The number of carbonyl (C=O) groups is 1. The van der Waals surface area contributed by atoms with E-state index in [4.69, 9.17) is 0 Å². The highest BCUT2D eigenvalue weighted by Crippen LogP contribution is 2.46. The van der Waals surface area contributed by atoms with Gasteiger partial charge < -0.3 is 4.90 Å². The van der Waals surface area contributed by atoms with Gasteiger partial charge in [-0.15, -0.1) is 0 Å². The Hall–Kier alpha value is -0.370. The third-order valence-electron chi connectivity index (χ3n) is 6.45. The van der Waals surface area contributed by atoms with Gasteiger partial charge in [0.15, 0.2) is 0 Å². The molecule has 3 fully saturated rings. The number of rotatable bonds is 2. The van der Waals surface area contributed by atoms with E-state index < -0.39 is 0 Å². The van der Waals surface area contributed by atoms with Gasteiger partial charge in [-0.2, -0.15) is 0 Å². The molecule has 0 bridgehead atoms. The third kappa shape index (κ3) is 2.81. The van der Waals surface area contributed by atoms with Crippen molar-refractivity contribution >= 4 is 5.78 Å².